The van der Waals surface area contributed by atoms with Crippen molar-refractivity contribution in [1.82, 2.24) is 19.5 Å². The molecule has 0 spiro atoms. The van der Waals surface area contributed by atoms with Gasteiger partial charge in [-0.25, -0.2) is 4.98 Å². The number of imidazole rings is 1. The second-order valence-corrected chi connectivity index (χ2v) is 7.82. The Morgan fingerprint density at radius 2 is 2.11 bits per heavy atom. The minimum atomic E-state index is -0.754. The number of carbonyl (C=O) groups is 1. The zero-order chi connectivity index (χ0) is 19.6. The van der Waals surface area contributed by atoms with Crippen LogP contribution in [0.3, 0.4) is 0 Å². The molecule has 2 unspecified atom stereocenters. The van der Waals surface area contributed by atoms with Crippen LogP contribution in [0.2, 0.25) is 0 Å². The van der Waals surface area contributed by atoms with Crippen LogP contribution in [0, 0.1) is 5.92 Å². The van der Waals surface area contributed by atoms with E-state index in [9.17, 15) is 4.79 Å². The fraction of sp³-hybridized carbons (Fsp3) is 0.647. The Hall–Kier alpha value is -2.46. The molecule has 146 valence electrons. The Morgan fingerprint density at radius 1 is 1.37 bits per heavy atom. The molecule has 1 saturated heterocycles. The van der Waals surface area contributed by atoms with E-state index in [2.05, 4.69) is 15.0 Å². The maximum Gasteiger partial charge on any atom is 0.302 e. The summed E-state index contributed by atoms with van der Waals surface area (Å²) < 4.78 is 19.7. The molecule has 1 saturated carbocycles. The largest absolute Gasteiger partial charge is 0.465 e. The van der Waals surface area contributed by atoms with Crippen molar-refractivity contribution in [2.24, 2.45) is 5.92 Å². The second-order valence-electron chi connectivity index (χ2n) is 7.82. The minimum Gasteiger partial charge on any atom is -0.465 e. The van der Waals surface area contributed by atoms with Crippen LogP contribution in [-0.2, 0) is 19.0 Å². The molecule has 0 radical (unpaired) electrons. The Bertz CT molecular complexity index is 912. The highest BCUT2D eigenvalue weighted by molar-refractivity contribution is 5.82. The molecule has 0 amide bonds. The maximum atomic E-state index is 11.3. The number of hydrogen-bond donors (Lipinski definition) is 2. The SMILES string of the molecule is CC(=O)OC[C@H]1C[C@@H](n2cnc3c(N)nc(N)nc32)C2OC(C)(C)OC21C. The normalized spacial score (nSPS) is 31.9. The highest BCUT2D eigenvalue weighted by atomic mass is 16.8. The summed E-state index contributed by atoms with van der Waals surface area (Å²) in [5, 5.41) is 0. The summed E-state index contributed by atoms with van der Waals surface area (Å²) in [6.07, 6.45) is 2.06. The number of nitrogen functional groups attached to an aromatic ring is 2. The number of aromatic nitrogens is 4. The highest BCUT2D eigenvalue weighted by Crippen LogP contribution is 2.54. The van der Waals surface area contributed by atoms with Gasteiger partial charge in [-0.15, -0.1) is 0 Å². The van der Waals surface area contributed by atoms with E-state index in [1.165, 1.54) is 6.92 Å². The fourth-order valence-electron chi connectivity index (χ4n) is 4.37. The predicted molar refractivity (Wildman–Crippen MR) is 96.4 cm³/mol. The van der Waals surface area contributed by atoms with Crippen molar-refractivity contribution in [2.75, 3.05) is 18.1 Å². The molecule has 0 aromatic carbocycles. The van der Waals surface area contributed by atoms with Crippen LogP contribution in [0.1, 0.15) is 40.2 Å². The summed E-state index contributed by atoms with van der Waals surface area (Å²) in [6, 6.07) is -0.129. The average Bonchev–Trinajstić information content (AvgIpc) is 3.13. The zero-order valence-corrected chi connectivity index (χ0v) is 15.8. The van der Waals surface area contributed by atoms with E-state index >= 15 is 0 Å². The maximum absolute atomic E-state index is 11.3. The molecule has 27 heavy (non-hydrogen) atoms. The van der Waals surface area contributed by atoms with E-state index in [0.717, 1.165) is 0 Å². The number of esters is 1. The van der Waals surface area contributed by atoms with Gasteiger partial charge < -0.3 is 30.2 Å². The summed E-state index contributed by atoms with van der Waals surface area (Å²) in [6.45, 7) is 7.40. The topological polar surface area (TPSA) is 140 Å². The van der Waals surface area contributed by atoms with Crippen LogP contribution in [0.4, 0.5) is 11.8 Å². The van der Waals surface area contributed by atoms with Gasteiger partial charge in [0.2, 0.25) is 5.95 Å². The molecule has 10 nitrogen and oxygen atoms in total. The van der Waals surface area contributed by atoms with Crippen LogP contribution in [0.25, 0.3) is 11.2 Å². The molecule has 2 aromatic rings. The Kier molecular flexibility index (Phi) is 3.83. The third-order valence-electron chi connectivity index (χ3n) is 5.44. The van der Waals surface area contributed by atoms with Gasteiger partial charge in [0.15, 0.2) is 17.3 Å². The van der Waals surface area contributed by atoms with Gasteiger partial charge >= 0.3 is 5.97 Å². The van der Waals surface area contributed by atoms with Crippen molar-refractivity contribution in [2.45, 2.75) is 57.6 Å². The van der Waals surface area contributed by atoms with Crippen molar-refractivity contribution >= 4 is 28.9 Å². The Morgan fingerprint density at radius 3 is 2.81 bits per heavy atom. The quantitative estimate of drug-likeness (QED) is 0.751. The number of nitrogens with zero attached hydrogens (tertiary/aromatic N) is 4. The van der Waals surface area contributed by atoms with Crippen LogP contribution in [0.5, 0.6) is 0 Å². The molecule has 10 heteroatoms. The van der Waals surface area contributed by atoms with Gasteiger partial charge in [0.05, 0.1) is 19.0 Å². The molecule has 2 aromatic heterocycles. The third kappa shape index (κ3) is 2.79. The van der Waals surface area contributed by atoms with E-state index in [1.54, 1.807) is 6.33 Å². The van der Waals surface area contributed by atoms with Gasteiger partial charge in [-0.3, -0.25) is 4.79 Å². The molecule has 4 N–H and O–H groups in total. The van der Waals surface area contributed by atoms with Gasteiger partial charge in [-0.2, -0.15) is 9.97 Å². The molecule has 2 fully saturated rings. The van der Waals surface area contributed by atoms with Gasteiger partial charge in [-0.1, -0.05) is 0 Å². The van der Waals surface area contributed by atoms with E-state index in [4.69, 9.17) is 25.7 Å². The zero-order valence-electron chi connectivity index (χ0n) is 15.8. The Labute approximate surface area is 156 Å². The number of anilines is 2. The van der Waals surface area contributed by atoms with Crippen LogP contribution >= 0.6 is 0 Å². The number of carbonyl (C=O) groups excluding carboxylic acids is 1. The average molecular weight is 376 g/mol. The lowest BCUT2D eigenvalue weighted by Gasteiger charge is -2.30. The molecular formula is C17H24N6O4. The van der Waals surface area contributed by atoms with Crippen molar-refractivity contribution in [1.29, 1.82) is 0 Å². The van der Waals surface area contributed by atoms with E-state index in [-0.39, 0.29) is 42.4 Å². The molecular weight excluding hydrogens is 352 g/mol. The molecule has 3 heterocycles. The minimum absolute atomic E-state index is 0.0489. The summed E-state index contributed by atoms with van der Waals surface area (Å²) in [4.78, 5) is 24.0. The van der Waals surface area contributed by atoms with Crippen molar-refractivity contribution in [3.05, 3.63) is 6.33 Å². The highest BCUT2D eigenvalue weighted by Gasteiger charge is 2.62. The molecule has 0 bridgehead atoms. The van der Waals surface area contributed by atoms with E-state index in [0.29, 0.717) is 17.6 Å². The molecule has 4 rings (SSSR count). The predicted octanol–water partition coefficient (Wildman–Crippen LogP) is 1.03. The smallest absolute Gasteiger partial charge is 0.302 e. The summed E-state index contributed by atoms with van der Waals surface area (Å²) >= 11 is 0. The van der Waals surface area contributed by atoms with E-state index in [1.807, 2.05) is 25.3 Å². The lowest BCUT2D eigenvalue weighted by molar-refractivity contribution is -0.181. The monoisotopic (exact) mass is 376 g/mol. The standard InChI is InChI=1S/C17H24N6O4/c1-8(24)25-6-9-5-10(12-17(9,4)27-16(2,3)26-12)23-7-20-11-13(18)21-15(19)22-14(11)23/h7,9-10,12H,5-6H2,1-4H3,(H4,18,19,21,22)/t9-,10-,12?,17?/m1/s1. The lowest BCUT2D eigenvalue weighted by atomic mass is 9.92. The molecule has 4 atom stereocenters. The lowest BCUT2D eigenvalue weighted by Crippen LogP contribution is -2.42. The first-order valence-corrected chi connectivity index (χ1v) is 8.87. The summed E-state index contributed by atoms with van der Waals surface area (Å²) in [7, 11) is 0. The number of rotatable bonds is 3. The van der Waals surface area contributed by atoms with Gasteiger partial charge in [0, 0.05) is 12.8 Å². The van der Waals surface area contributed by atoms with Gasteiger partial charge in [0.1, 0.15) is 17.2 Å². The first kappa shape index (κ1) is 17.9. The number of ether oxygens (including phenoxy) is 3. The summed E-state index contributed by atoms with van der Waals surface area (Å²) in [5.74, 6) is -0.804. The van der Waals surface area contributed by atoms with E-state index < -0.39 is 11.4 Å². The number of nitrogens with two attached hydrogens (primary N) is 2. The number of hydrogen-bond acceptors (Lipinski definition) is 9. The van der Waals surface area contributed by atoms with Crippen molar-refractivity contribution in [3.8, 4) is 0 Å². The first-order valence-electron chi connectivity index (χ1n) is 8.87. The van der Waals surface area contributed by atoms with Crippen LogP contribution in [0.15, 0.2) is 6.33 Å². The molecule has 2 aliphatic rings. The van der Waals surface area contributed by atoms with Crippen molar-refractivity contribution in [3.63, 3.8) is 0 Å². The fourth-order valence-corrected chi connectivity index (χ4v) is 4.37. The number of fused-ring (bicyclic) bond motifs is 2. The third-order valence-corrected chi connectivity index (χ3v) is 5.44. The Balaban J connectivity index is 1.76. The second kappa shape index (κ2) is 5.77. The van der Waals surface area contributed by atoms with Gasteiger partial charge in [0.25, 0.3) is 0 Å². The molecule has 1 aliphatic carbocycles. The van der Waals surface area contributed by atoms with Gasteiger partial charge in [-0.05, 0) is 27.2 Å². The van der Waals surface area contributed by atoms with Crippen LogP contribution < -0.4 is 11.5 Å². The molecule has 1 aliphatic heterocycles. The van der Waals surface area contributed by atoms with Crippen LogP contribution in [-0.4, -0.2) is 49.6 Å². The first-order chi connectivity index (χ1) is 12.6. The summed E-state index contributed by atoms with van der Waals surface area (Å²) in [5.41, 5.74) is 12.1. The van der Waals surface area contributed by atoms with Crippen molar-refractivity contribution < 1.29 is 19.0 Å².